The first-order chi connectivity index (χ1) is 10.5. The van der Waals surface area contributed by atoms with E-state index in [1.807, 2.05) is 26.0 Å². The predicted molar refractivity (Wildman–Crippen MR) is 91.3 cm³/mol. The highest BCUT2D eigenvalue weighted by Gasteiger charge is 2.17. The molecule has 0 fully saturated rings. The normalized spacial score (nSPS) is 12.4. The molecule has 0 saturated carbocycles. The van der Waals surface area contributed by atoms with Gasteiger partial charge in [-0.1, -0.05) is 56.4 Å². The molecule has 5 heteroatoms. The summed E-state index contributed by atoms with van der Waals surface area (Å²) in [4.78, 5) is 12.3. The Kier molecular flexibility index (Phi) is 5.66. The van der Waals surface area contributed by atoms with Gasteiger partial charge >= 0.3 is 0 Å². The van der Waals surface area contributed by atoms with Gasteiger partial charge in [-0.3, -0.25) is 4.79 Å². The topological polar surface area (TPSA) is 54.9 Å². The van der Waals surface area contributed by atoms with Gasteiger partial charge in [0.05, 0.1) is 5.92 Å². The summed E-state index contributed by atoms with van der Waals surface area (Å²) in [5.41, 5.74) is 2.33. The fourth-order valence-corrected chi connectivity index (χ4v) is 2.91. The van der Waals surface area contributed by atoms with E-state index in [1.54, 1.807) is 0 Å². The number of nitrogens with zero attached hydrogens (tertiary/aromatic N) is 2. The van der Waals surface area contributed by atoms with Crippen molar-refractivity contribution in [3.63, 3.8) is 0 Å². The van der Waals surface area contributed by atoms with E-state index < -0.39 is 0 Å². The van der Waals surface area contributed by atoms with Crippen LogP contribution in [0.2, 0.25) is 0 Å². The van der Waals surface area contributed by atoms with E-state index in [2.05, 4.69) is 41.5 Å². The van der Waals surface area contributed by atoms with Crippen LogP contribution in [-0.4, -0.2) is 16.1 Å². The van der Waals surface area contributed by atoms with Gasteiger partial charge in [-0.2, -0.15) is 0 Å². The highest BCUT2D eigenvalue weighted by Crippen LogP contribution is 2.21. The summed E-state index contributed by atoms with van der Waals surface area (Å²) in [7, 11) is 0. The van der Waals surface area contributed by atoms with Gasteiger partial charge < -0.3 is 5.32 Å². The molecule has 1 aromatic carbocycles. The van der Waals surface area contributed by atoms with E-state index in [-0.39, 0.29) is 11.8 Å². The molecule has 0 bridgehead atoms. The maximum absolute atomic E-state index is 12.3. The summed E-state index contributed by atoms with van der Waals surface area (Å²) in [6, 6.07) is 8.30. The lowest BCUT2D eigenvalue weighted by molar-refractivity contribution is -0.117. The molecule has 0 aliphatic rings. The number of amides is 1. The number of hydrogen-bond donors (Lipinski definition) is 1. The largest absolute Gasteiger partial charge is 0.300 e. The number of hydrogen-bond acceptors (Lipinski definition) is 4. The van der Waals surface area contributed by atoms with E-state index in [0.717, 1.165) is 23.4 Å². The van der Waals surface area contributed by atoms with Crippen molar-refractivity contribution in [3.05, 3.63) is 40.4 Å². The summed E-state index contributed by atoms with van der Waals surface area (Å²) in [6.45, 7) is 8.34. The molecule has 1 amide bonds. The van der Waals surface area contributed by atoms with Crippen molar-refractivity contribution in [2.45, 2.75) is 46.5 Å². The molecule has 0 aliphatic heterocycles. The van der Waals surface area contributed by atoms with Crippen molar-refractivity contribution in [1.29, 1.82) is 0 Å². The monoisotopic (exact) mass is 317 g/mol. The Morgan fingerprint density at radius 3 is 2.41 bits per heavy atom. The summed E-state index contributed by atoms with van der Waals surface area (Å²) in [6.07, 6.45) is 1.89. The molecule has 1 atom stereocenters. The minimum atomic E-state index is -0.206. The number of nitrogens with one attached hydrogen (secondary N) is 1. The van der Waals surface area contributed by atoms with E-state index in [9.17, 15) is 4.79 Å². The van der Waals surface area contributed by atoms with E-state index in [4.69, 9.17) is 0 Å². The molecule has 2 rings (SSSR count). The van der Waals surface area contributed by atoms with Crippen molar-refractivity contribution in [2.24, 2.45) is 5.92 Å². The zero-order valence-corrected chi connectivity index (χ0v) is 14.4. The van der Waals surface area contributed by atoms with Gasteiger partial charge in [-0.15, -0.1) is 10.2 Å². The molecule has 0 saturated heterocycles. The molecule has 22 heavy (non-hydrogen) atoms. The quantitative estimate of drug-likeness (QED) is 0.874. The second-order valence-corrected chi connectivity index (χ2v) is 6.97. The van der Waals surface area contributed by atoms with Crippen LogP contribution in [0.15, 0.2) is 24.3 Å². The minimum absolute atomic E-state index is 0.0459. The summed E-state index contributed by atoms with van der Waals surface area (Å²) in [5.74, 6) is 0.384. The van der Waals surface area contributed by atoms with Gasteiger partial charge in [0.15, 0.2) is 0 Å². The Bertz CT molecular complexity index is 619. The summed E-state index contributed by atoms with van der Waals surface area (Å²) in [5, 5.41) is 12.4. The Morgan fingerprint density at radius 2 is 1.86 bits per heavy atom. The molecule has 0 radical (unpaired) electrons. The summed E-state index contributed by atoms with van der Waals surface area (Å²) >= 11 is 1.43. The third-order valence-corrected chi connectivity index (χ3v) is 4.50. The molecular weight excluding hydrogens is 294 g/mol. The first-order valence-corrected chi connectivity index (χ1v) is 8.53. The lowest BCUT2D eigenvalue weighted by Gasteiger charge is -2.12. The van der Waals surface area contributed by atoms with E-state index in [0.29, 0.717) is 11.0 Å². The van der Waals surface area contributed by atoms with Crippen LogP contribution < -0.4 is 5.32 Å². The Labute approximate surface area is 136 Å². The molecular formula is C17H23N3OS. The van der Waals surface area contributed by atoms with Crippen LogP contribution in [0.1, 0.15) is 49.7 Å². The summed E-state index contributed by atoms with van der Waals surface area (Å²) < 4.78 is 0. The smallest absolute Gasteiger partial charge is 0.233 e. The van der Waals surface area contributed by atoms with Crippen LogP contribution in [0.5, 0.6) is 0 Å². The fourth-order valence-electron chi connectivity index (χ4n) is 2.23. The van der Waals surface area contributed by atoms with Crippen LogP contribution >= 0.6 is 11.3 Å². The average molecular weight is 317 g/mol. The van der Waals surface area contributed by atoms with Gasteiger partial charge in [0.25, 0.3) is 0 Å². The lowest BCUT2D eigenvalue weighted by atomic mass is 9.96. The Balaban J connectivity index is 2.00. The first kappa shape index (κ1) is 16.6. The maximum atomic E-state index is 12.3. The van der Waals surface area contributed by atoms with Crippen molar-refractivity contribution < 1.29 is 4.79 Å². The van der Waals surface area contributed by atoms with Gasteiger partial charge in [-0.25, -0.2) is 0 Å². The van der Waals surface area contributed by atoms with Crippen molar-refractivity contribution >= 4 is 22.4 Å². The highest BCUT2D eigenvalue weighted by atomic mass is 32.1. The molecule has 2 aromatic rings. The SMILES string of the molecule is CCc1nnc(NC(=O)[C@@H](C)c2ccc(CC(C)C)cc2)s1. The van der Waals surface area contributed by atoms with Crippen LogP contribution in [-0.2, 0) is 17.6 Å². The molecule has 1 aromatic heterocycles. The predicted octanol–water partition coefficient (Wildman–Crippen LogP) is 4.04. The molecule has 0 unspecified atom stereocenters. The van der Waals surface area contributed by atoms with E-state index in [1.165, 1.54) is 16.9 Å². The zero-order chi connectivity index (χ0) is 16.1. The van der Waals surface area contributed by atoms with Gasteiger partial charge in [0.2, 0.25) is 11.0 Å². The van der Waals surface area contributed by atoms with Gasteiger partial charge in [0, 0.05) is 0 Å². The molecule has 1 heterocycles. The van der Waals surface area contributed by atoms with Crippen molar-refractivity contribution in [3.8, 4) is 0 Å². The number of aryl methyl sites for hydroxylation is 1. The second kappa shape index (κ2) is 7.49. The molecule has 1 N–H and O–H groups in total. The van der Waals surface area contributed by atoms with Crippen LogP contribution in [0.25, 0.3) is 0 Å². The standard InChI is InChI=1S/C17H23N3OS/c1-5-15-19-20-17(22-15)18-16(21)12(4)14-8-6-13(7-9-14)10-11(2)3/h6-9,11-12H,5,10H2,1-4H3,(H,18,20,21)/t12-/m0/s1. The van der Waals surface area contributed by atoms with Crippen LogP contribution in [0.3, 0.4) is 0 Å². The number of rotatable bonds is 6. The van der Waals surface area contributed by atoms with Crippen molar-refractivity contribution in [2.75, 3.05) is 5.32 Å². The third kappa shape index (κ3) is 4.37. The molecule has 118 valence electrons. The Hall–Kier alpha value is -1.75. The number of carbonyl (C=O) groups is 1. The number of carbonyl (C=O) groups excluding carboxylic acids is 1. The number of anilines is 1. The van der Waals surface area contributed by atoms with Gasteiger partial charge in [-0.05, 0) is 36.8 Å². The van der Waals surface area contributed by atoms with E-state index >= 15 is 0 Å². The molecule has 0 aliphatic carbocycles. The van der Waals surface area contributed by atoms with Crippen LogP contribution in [0, 0.1) is 5.92 Å². The first-order valence-electron chi connectivity index (χ1n) is 7.71. The van der Waals surface area contributed by atoms with Gasteiger partial charge in [0.1, 0.15) is 5.01 Å². The average Bonchev–Trinajstić information content (AvgIpc) is 2.94. The Morgan fingerprint density at radius 1 is 1.18 bits per heavy atom. The molecule has 0 spiro atoms. The third-order valence-electron chi connectivity index (χ3n) is 3.52. The fraction of sp³-hybridized carbons (Fsp3) is 0.471. The maximum Gasteiger partial charge on any atom is 0.233 e. The number of benzene rings is 1. The number of aromatic nitrogens is 2. The highest BCUT2D eigenvalue weighted by molar-refractivity contribution is 7.15. The molecule has 4 nitrogen and oxygen atoms in total. The zero-order valence-electron chi connectivity index (χ0n) is 13.6. The van der Waals surface area contributed by atoms with Crippen LogP contribution in [0.4, 0.5) is 5.13 Å². The lowest BCUT2D eigenvalue weighted by Crippen LogP contribution is -2.18. The minimum Gasteiger partial charge on any atom is -0.300 e. The van der Waals surface area contributed by atoms with Crippen molar-refractivity contribution in [1.82, 2.24) is 10.2 Å². The second-order valence-electron chi connectivity index (χ2n) is 5.90.